The van der Waals surface area contributed by atoms with E-state index >= 15 is 0 Å². The number of aryl methyl sites for hydroxylation is 2. The monoisotopic (exact) mass is 388 g/mol. The van der Waals surface area contributed by atoms with Crippen LogP contribution in [0.5, 0.6) is 5.75 Å². The number of anilines is 2. The first-order valence-electron chi connectivity index (χ1n) is 8.81. The van der Waals surface area contributed by atoms with Crippen LogP contribution in [0.2, 0.25) is 0 Å². The van der Waals surface area contributed by atoms with E-state index in [0.717, 1.165) is 16.8 Å². The molecule has 0 unspecified atom stereocenters. The number of ether oxygens (including phenoxy) is 1. The number of rotatable bonds is 4. The average Bonchev–Trinajstić information content (AvgIpc) is 2.64. The fraction of sp³-hybridized carbons (Fsp3) is 0.350. The zero-order valence-corrected chi connectivity index (χ0v) is 16.6. The standard InChI is InChI=1S/C20H24N2O4S/c1-14-4-5-15(2)17(12-14)20(23)21-18-7-6-16(13-19(18)26-3)22-8-10-27(24,25)11-9-22/h4-7,12-13H,8-11H2,1-3H3,(H,21,23). The number of benzene rings is 2. The highest BCUT2D eigenvalue weighted by Crippen LogP contribution is 2.31. The molecule has 1 N–H and O–H groups in total. The molecule has 0 aliphatic carbocycles. The largest absolute Gasteiger partial charge is 0.494 e. The number of nitrogens with zero attached hydrogens (tertiary/aromatic N) is 1. The fourth-order valence-corrected chi connectivity index (χ4v) is 4.32. The van der Waals surface area contributed by atoms with Crippen molar-refractivity contribution in [1.29, 1.82) is 0 Å². The van der Waals surface area contributed by atoms with Crippen LogP contribution in [0.25, 0.3) is 0 Å². The topological polar surface area (TPSA) is 75.7 Å². The molecule has 0 saturated carbocycles. The van der Waals surface area contributed by atoms with E-state index in [9.17, 15) is 13.2 Å². The number of amides is 1. The molecule has 1 heterocycles. The minimum Gasteiger partial charge on any atom is -0.494 e. The van der Waals surface area contributed by atoms with Gasteiger partial charge in [-0.1, -0.05) is 17.7 Å². The smallest absolute Gasteiger partial charge is 0.256 e. The number of carbonyl (C=O) groups is 1. The summed E-state index contributed by atoms with van der Waals surface area (Å²) in [6.07, 6.45) is 0. The number of nitrogens with one attached hydrogen (secondary N) is 1. The Bertz CT molecular complexity index is 956. The molecule has 144 valence electrons. The quantitative estimate of drug-likeness (QED) is 0.872. The second kappa shape index (κ2) is 7.60. The minimum atomic E-state index is -2.93. The molecule has 0 spiro atoms. The first-order chi connectivity index (χ1) is 12.8. The van der Waals surface area contributed by atoms with Crippen molar-refractivity contribution in [3.8, 4) is 5.75 Å². The molecule has 1 aliphatic rings. The predicted octanol–water partition coefficient (Wildman–Crippen LogP) is 2.80. The van der Waals surface area contributed by atoms with Crippen LogP contribution in [0.15, 0.2) is 36.4 Å². The van der Waals surface area contributed by atoms with Crippen LogP contribution >= 0.6 is 0 Å². The molecule has 0 bridgehead atoms. The maximum atomic E-state index is 12.7. The van der Waals surface area contributed by atoms with E-state index in [1.807, 2.05) is 49.1 Å². The van der Waals surface area contributed by atoms with Crippen LogP contribution in [0, 0.1) is 13.8 Å². The molecule has 3 rings (SSSR count). The van der Waals surface area contributed by atoms with Crippen molar-refractivity contribution in [3.63, 3.8) is 0 Å². The summed E-state index contributed by atoms with van der Waals surface area (Å²) < 4.78 is 28.7. The highest BCUT2D eigenvalue weighted by atomic mass is 32.2. The molecule has 7 heteroatoms. The highest BCUT2D eigenvalue weighted by molar-refractivity contribution is 7.91. The van der Waals surface area contributed by atoms with Crippen molar-refractivity contribution in [2.45, 2.75) is 13.8 Å². The summed E-state index contributed by atoms with van der Waals surface area (Å²) in [7, 11) is -1.38. The summed E-state index contributed by atoms with van der Waals surface area (Å²) in [6, 6.07) is 11.3. The van der Waals surface area contributed by atoms with Gasteiger partial charge >= 0.3 is 0 Å². The van der Waals surface area contributed by atoms with Gasteiger partial charge < -0.3 is 15.0 Å². The van der Waals surface area contributed by atoms with E-state index in [0.29, 0.717) is 30.1 Å². The second-order valence-corrected chi connectivity index (χ2v) is 9.10. The van der Waals surface area contributed by atoms with Crippen molar-refractivity contribution in [2.75, 3.05) is 41.9 Å². The van der Waals surface area contributed by atoms with Crippen molar-refractivity contribution in [1.82, 2.24) is 0 Å². The van der Waals surface area contributed by atoms with Crippen LogP contribution in [-0.4, -0.2) is 46.0 Å². The molecule has 0 atom stereocenters. The van der Waals surface area contributed by atoms with Crippen molar-refractivity contribution >= 4 is 27.1 Å². The van der Waals surface area contributed by atoms with E-state index < -0.39 is 9.84 Å². The SMILES string of the molecule is COc1cc(N2CCS(=O)(=O)CC2)ccc1NC(=O)c1cc(C)ccc1C. The molecule has 1 aliphatic heterocycles. The van der Waals surface area contributed by atoms with Gasteiger partial charge in [0.15, 0.2) is 9.84 Å². The van der Waals surface area contributed by atoms with Crippen LogP contribution in [0.1, 0.15) is 21.5 Å². The molecule has 0 aromatic heterocycles. The van der Waals surface area contributed by atoms with E-state index in [1.165, 1.54) is 0 Å². The van der Waals surface area contributed by atoms with Gasteiger partial charge in [-0.15, -0.1) is 0 Å². The van der Waals surface area contributed by atoms with Gasteiger partial charge in [-0.3, -0.25) is 4.79 Å². The number of sulfone groups is 1. The van der Waals surface area contributed by atoms with Gasteiger partial charge in [0.1, 0.15) is 5.75 Å². The maximum Gasteiger partial charge on any atom is 0.256 e. The Balaban J connectivity index is 1.80. The number of hydrogen-bond donors (Lipinski definition) is 1. The van der Waals surface area contributed by atoms with Gasteiger partial charge in [0.2, 0.25) is 0 Å². The van der Waals surface area contributed by atoms with Gasteiger partial charge in [0.05, 0.1) is 24.3 Å². The number of methoxy groups -OCH3 is 1. The zero-order valence-electron chi connectivity index (χ0n) is 15.8. The van der Waals surface area contributed by atoms with Crippen molar-refractivity contribution in [3.05, 3.63) is 53.1 Å². The molecule has 2 aromatic carbocycles. The lowest BCUT2D eigenvalue weighted by atomic mass is 10.0. The van der Waals surface area contributed by atoms with Crippen LogP contribution in [0.3, 0.4) is 0 Å². The van der Waals surface area contributed by atoms with Crippen LogP contribution in [-0.2, 0) is 9.84 Å². The van der Waals surface area contributed by atoms with Gasteiger partial charge in [0.25, 0.3) is 5.91 Å². The molecule has 1 amide bonds. The summed E-state index contributed by atoms with van der Waals surface area (Å²) in [4.78, 5) is 14.7. The van der Waals surface area contributed by atoms with E-state index in [4.69, 9.17) is 4.74 Å². The first-order valence-corrected chi connectivity index (χ1v) is 10.6. The summed E-state index contributed by atoms with van der Waals surface area (Å²) >= 11 is 0. The Morgan fingerprint density at radius 1 is 1.07 bits per heavy atom. The Labute approximate surface area is 160 Å². The Morgan fingerprint density at radius 3 is 2.44 bits per heavy atom. The summed E-state index contributed by atoms with van der Waals surface area (Å²) in [5.41, 5.74) is 4.02. The normalized spacial score (nSPS) is 16.0. The lowest BCUT2D eigenvalue weighted by Crippen LogP contribution is -2.40. The third-order valence-corrected chi connectivity index (χ3v) is 6.39. The first kappa shape index (κ1) is 19.2. The molecule has 27 heavy (non-hydrogen) atoms. The molecular formula is C20H24N2O4S. The molecule has 1 saturated heterocycles. The van der Waals surface area contributed by atoms with E-state index in [-0.39, 0.29) is 17.4 Å². The third kappa shape index (κ3) is 4.42. The van der Waals surface area contributed by atoms with Crippen LogP contribution in [0.4, 0.5) is 11.4 Å². The summed E-state index contributed by atoms with van der Waals surface area (Å²) in [5.74, 6) is 0.659. The molecule has 1 fully saturated rings. The highest BCUT2D eigenvalue weighted by Gasteiger charge is 2.22. The third-order valence-electron chi connectivity index (χ3n) is 4.78. The average molecular weight is 388 g/mol. The van der Waals surface area contributed by atoms with Crippen LogP contribution < -0.4 is 15.0 Å². The van der Waals surface area contributed by atoms with Gasteiger partial charge in [-0.2, -0.15) is 0 Å². The number of hydrogen-bond acceptors (Lipinski definition) is 5. The zero-order chi connectivity index (χ0) is 19.6. The fourth-order valence-electron chi connectivity index (χ4n) is 3.12. The molecular weight excluding hydrogens is 364 g/mol. The lowest BCUT2D eigenvalue weighted by Gasteiger charge is -2.29. The summed E-state index contributed by atoms with van der Waals surface area (Å²) in [6.45, 7) is 4.77. The van der Waals surface area contributed by atoms with Crippen molar-refractivity contribution < 1.29 is 17.9 Å². The summed E-state index contributed by atoms with van der Waals surface area (Å²) in [5, 5.41) is 2.91. The van der Waals surface area contributed by atoms with E-state index in [1.54, 1.807) is 13.2 Å². The Morgan fingerprint density at radius 2 is 1.78 bits per heavy atom. The molecule has 6 nitrogen and oxygen atoms in total. The van der Waals surface area contributed by atoms with Crippen molar-refractivity contribution in [2.24, 2.45) is 0 Å². The maximum absolute atomic E-state index is 12.7. The van der Waals surface area contributed by atoms with E-state index in [2.05, 4.69) is 5.32 Å². The number of carbonyl (C=O) groups excluding carboxylic acids is 1. The van der Waals surface area contributed by atoms with Gasteiger partial charge in [-0.05, 0) is 37.6 Å². The molecule has 0 radical (unpaired) electrons. The predicted molar refractivity (Wildman–Crippen MR) is 108 cm³/mol. The second-order valence-electron chi connectivity index (χ2n) is 6.80. The van der Waals surface area contributed by atoms with Gasteiger partial charge in [-0.25, -0.2) is 8.42 Å². The lowest BCUT2D eigenvalue weighted by molar-refractivity contribution is 0.102. The Hall–Kier alpha value is -2.54. The minimum absolute atomic E-state index is 0.153. The molecule has 2 aromatic rings. The Kier molecular flexibility index (Phi) is 5.41. The van der Waals surface area contributed by atoms with Gasteiger partial charge in [0, 0.05) is 30.4 Å².